The van der Waals surface area contributed by atoms with Crippen LogP contribution in [0.5, 0.6) is 0 Å². The zero-order valence-electron chi connectivity index (χ0n) is 11.7. The number of pyridine rings is 1. The van der Waals surface area contributed by atoms with Gasteiger partial charge in [-0.15, -0.1) is 0 Å². The van der Waals surface area contributed by atoms with E-state index in [4.69, 9.17) is 16.6 Å². The monoisotopic (exact) mass is 264 g/mol. The molecule has 0 bridgehead atoms. The van der Waals surface area contributed by atoms with Crippen molar-refractivity contribution < 1.29 is 0 Å². The van der Waals surface area contributed by atoms with Crippen molar-refractivity contribution >= 4 is 17.3 Å². The van der Waals surface area contributed by atoms with Gasteiger partial charge in [0, 0.05) is 23.2 Å². The van der Waals surface area contributed by atoms with E-state index in [2.05, 4.69) is 25.8 Å². The Morgan fingerprint density at radius 1 is 1.22 bits per heavy atom. The van der Waals surface area contributed by atoms with Crippen molar-refractivity contribution in [3.8, 4) is 0 Å². The van der Waals surface area contributed by atoms with Gasteiger partial charge in [0.05, 0.1) is 11.1 Å². The van der Waals surface area contributed by atoms with E-state index in [1.807, 2.05) is 19.9 Å². The lowest BCUT2D eigenvalue weighted by atomic mass is 9.63. The highest BCUT2D eigenvalue weighted by Crippen LogP contribution is 2.42. The van der Waals surface area contributed by atoms with Crippen LogP contribution in [0.4, 0.5) is 0 Å². The summed E-state index contributed by atoms with van der Waals surface area (Å²) < 4.78 is 0. The minimum absolute atomic E-state index is 0.427. The first kappa shape index (κ1) is 13.5. The summed E-state index contributed by atoms with van der Waals surface area (Å²) in [6, 6.07) is 2.26. The van der Waals surface area contributed by atoms with E-state index in [9.17, 15) is 0 Å². The van der Waals surface area contributed by atoms with Gasteiger partial charge in [-0.1, -0.05) is 32.4 Å². The predicted molar refractivity (Wildman–Crippen MR) is 77.5 cm³/mol. The standard InChI is InChI=1S/C15H21ClN2/c1-8-9(2)15(10(8)3)18-12(5)14-11(4)17-7-6-13(14)16/h6-10,15H,1-5H3/b18-12-. The van der Waals surface area contributed by atoms with Crippen LogP contribution in [0.1, 0.15) is 39.0 Å². The Morgan fingerprint density at radius 2 is 1.83 bits per heavy atom. The summed E-state index contributed by atoms with van der Waals surface area (Å²) in [6.07, 6.45) is 1.74. The normalized spacial score (nSPS) is 32.2. The maximum absolute atomic E-state index is 6.25. The fourth-order valence-corrected chi connectivity index (χ4v) is 3.26. The van der Waals surface area contributed by atoms with Crippen LogP contribution in [0, 0.1) is 24.7 Å². The highest BCUT2D eigenvalue weighted by molar-refractivity contribution is 6.34. The maximum Gasteiger partial charge on any atom is 0.0559 e. The van der Waals surface area contributed by atoms with Crippen molar-refractivity contribution in [3.63, 3.8) is 0 Å². The maximum atomic E-state index is 6.25. The molecule has 1 aliphatic carbocycles. The molecule has 2 atom stereocenters. The van der Waals surface area contributed by atoms with Crippen LogP contribution in [-0.2, 0) is 0 Å². The Hall–Kier alpha value is -0.890. The van der Waals surface area contributed by atoms with Gasteiger partial charge in [-0.05, 0) is 37.7 Å². The van der Waals surface area contributed by atoms with Crippen LogP contribution in [0.2, 0.25) is 5.02 Å². The van der Waals surface area contributed by atoms with E-state index < -0.39 is 0 Å². The van der Waals surface area contributed by atoms with Gasteiger partial charge in [0.1, 0.15) is 0 Å². The molecule has 1 aliphatic rings. The van der Waals surface area contributed by atoms with Crippen molar-refractivity contribution in [2.75, 3.05) is 0 Å². The number of nitrogens with zero attached hydrogens (tertiary/aromatic N) is 2. The van der Waals surface area contributed by atoms with Crippen LogP contribution >= 0.6 is 11.6 Å². The van der Waals surface area contributed by atoms with Crippen LogP contribution in [0.25, 0.3) is 0 Å². The number of aromatic nitrogens is 1. The molecule has 0 radical (unpaired) electrons. The van der Waals surface area contributed by atoms with Gasteiger partial charge in [0.15, 0.2) is 0 Å². The molecule has 3 heteroatoms. The lowest BCUT2D eigenvalue weighted by Gasteiger charge is -2.45. The molecule has 1 saturated carbocycles. The molecular formula is C15H21ClN2. The van der Waals surface area contributed by atoms with E-state index in [-0.39, 0.29) is 0 Å². The quantitative estimate of drug-likeness (QED) is 0.737. The zero-order valence-corrected chi connectivity index (χ0v) is 12.5. The predicted octanol–water partition coefficient (Wildman–Crippen LogP) is 4.14. The van der Waals surface area contributed by atoms with Gasteiger partial charge in [0.2, 0.25) is 0 Å². The SMILES string of the molecule is C/C(=N/C1C(C)C(C)C1C)c1c(Cl)ccnc1C. The number of aliphatic imine (C=N–C) groups is 1. The fraction of sp³-hybridized carbons (Fsp3) is 0.600. The summed E-state index contributed by atoms with van der Waals surface area (Å²) in [7, 11) is 0. The Kier molecular flexibility index (Phi) is 3.76. The van der Waals surface area contributed by atoms with E-state index in [0.717, 1.165) is 27.9 Å². The Balaban J connectivity index is 2.29. The topological polar surface area (TPSA) is 25.2 Å². The zero-order chi connectivity index (χ0) is 13.4. The molecule has 2 unspecified atom stereocenters. The lowest BCUT2D eigenvalue weighted by Crippen LogP contribution is -2.46. The van der Waals surface area contributed by atoms with Crippen molar-refractivity contribution in [1.82, 2.24) is 4.98 Å². The van der Waals surface area contributed by atoms with Crippen molar-refractivity contribution in [2.24, 2.45) is 22.7 Å². The molecule has 0 spiro atoms. The summed E-state index contributed by atoms with van der Waals surface area (Å²) in [4.78, 5) is 9.18. The van der Waals surface area contributed by atoms with Gasteiger partial charge in [-0.25, -0.2) is 0 Å². The van der Waals surface area contributed by atoms with E-state index >= 15 is 0 Å². The Labute approximate surface area is 114 Å². The second kappa shape index (κ2) is 5.00. The third kappa shape index (κ3) is 2.18. The lowest BCUT2D eigenvalue weighted by molar-refractivity contribution is 0.0820. The smallest absolute Gasteiger partial charge is 0.0559 e. The average Bonchev–Trinajstić information content (AvgIpc) is 2.34. The van der Waals surface area contributed by atoms with Gasteiger partial charge in [-0.3, -0.25) is 9.98 Å². The third-order valence-electron chi connectivity index (χ3n) is 4.53. The van der Waals surface area contributed by atoms with Gasteiger partial charge in [-0.2, -0.15) is 0 Å². The van der Waals surface area contributed by atoms with Crippen molar-refractivity contribution in [2.45, 2.75) is 40.7 Å². The molecule has 0 amide bonds. The summed E-state index contributed by atoms with van der Waals surface area (Å²) >= 11 is 6.25. The number of aryl methyl sites for hydroxylation is 1. The Morgan fingerprint density at radius 3 is 2.39 bits per heavy atom. The van der Waals surface area contributed by atoms with Gasteiger partial charge in [0.25, 0.3) is 0 Å². The molecule has 1 aromatic heterocycles. The highest BCUT2D eigenvalue weighted by Gasteiger charge is 2.41. The molecular weight excluding hydrogens is 244 g/mol. The minimum atomic E-state index is 0.427. The molecule has 0 N–H and O–H groups in total. The summed E-state index contributed by atoms with van der Waals surface area (Å²) in [6.45, 7) is 10.9. The largest absolute Gasteiger partial charge is 0.285 e. The number of hydrogen-bond acceptors (Lipinski definition) is 2. The number of rotatable bonds is 2. The van der Waals surface area contributed by atoms with Gasteiger partial charge >= 0.3 is 0 Å². The molecule has 0 saturated heterocycles. The second-order valence-electron chi connectivity index (χ2n) is 5.54. The van der Waals surface area contributed by atoms with Crippen LogP contribution in [-0.4, -0.2) is 16.7 Å². The second-order valence-corrected chi connectivity index (χ2v) is 5.94. The minimum Gasteiger partial charge on any atom is -0.285 e. The molecule has 1 fully saturated rings. The van der Waals surface area contributed by atoms with Gasteiger partial charge < -0.3 is 0 Å². The molecule has 2 nitrogen and oxygen atoms in total. The molecule has 0 aliphatic heterocycles. The van der Waals surface area contributed by atoms with E-state index in [1.165, 1.54) is 0 Å². The fourth-order valence-electron chi connectivity index (χ4n) is 2.93. The summed E-state index contributed by atoms with van der Waals surface area (Å²) in [5.74, 6) is 2.08. The van der Waals surface area contributed by atoms with Crippen LogP contribution < -0.4 is 0 Å². The van der Waals surface area contributed by atoms with E-state index in [0.29, 0.717) is 17.9 Å². The molecule has 2 rings (SSSR count). The number of halogens is 1. The summed E-state index contributed by atoms with van der Waals surface area (Å²) in [5, 5.41) is 0.747. The molecule has 1 aromatic rings. The third-order valence-corrected chi connectivity index (χ3v) is 4.85. The average molecular weight is 265 g/mol. The van der Waals surface area contributed by atoms with E-state index in [1.54, 1.807) is 6.20 Å². The van der Waals surface area contributed by atoms with Crippen LogP contribution in [0.3, 0.4) is 0 Å². The molecule has 1 heterocycles. The first-order chi connectivity index (χ1) is 8.43. The van der Waals surface area contributed by atoms with Crippen LogP contribution in [0.15, 0.2) is 17.3 Å². The highest BCUT2D eigenvalue weighted by atomic mass is 35.5. The van der Waals surface area contributed by atoms with Crippen molar-refractivity contribution in [1.29, 1.82) is 0 Å². The first-order valence-electron chi connectivity index (χ1n) is 6.59. The van der Waals surface area contributed by atoms with Crippen molar-refractivity contribution in [3.05, 3.63) is 28.5 Å². The Bertz CT molecular complexity index is 451. The summed E-state index contributed by atoms with van der Waals surface area (Å²) in [5.41, 5.74) is 2.97. The molecule has 0 aromatic carbocycles. The molecule has 98 valence electrons. The number of hydrogen-bond donors (Lipinski definition) is 0. The first-order valence-corrected chi connectivity index (χ1v) is 6.97. The molecule has 18 heavy (non-hydrogen) atoms.